The SMILES string of the molecule is CCN1CCN(CC(=O)Cc2cc3cc(-c4cnn(C)c4)ccc3cn2)CC1. The van der Waals surface area contributed by atoms with Crippen LogP contribution in [0, 0.1) is 0 Å². The van der Waals surface area contributed by atoms with Gasteiger partial charge < -0.3 is 4.90 Å². The van der Waals surface area contributed by atoms with E-state index in [1.807, 2.05) is 31.7 Å². The maximum atomic E-state index is 12.6. The van der Waals surface area contributed by atoms with Crippen molar-refractivity contribution in [3.05, 3.63) is 48.5 Å². The second-order valence-corrected chi connectivity index (χ2v) is 7.57. The van der Waals surface area contributed by atoms with Crippen LogP contribution in [-0.4, -0.2) is 69.6 Å². The Morgan fingerprint density at radius 2 is 1.79 bits per heavy atom. The lowest BCUT2D eigenvalue weighted by molar-refractivity contribution is -0.120. The van der Waals surface area contributed by atoms with E-state index in [1.165, 1.54) is 0 Å². The molecule has 0 aliphatic carbocycles. The fourth-order valence-electron chi connectivity index (χ4n) is 3.80. The van der Waals surface area contributed by atoms with Crippen LogP contribution in [0.1, 0.15) is 12.6 Å². The van der Waals surface area contributed by atoms with Crippen LogP contribution >= 0.6 is 0 Å². The molecule has 1 aromatic carbocycles. The van der Waals surface area contributed by atoms with Crippen molar-refractivity contribution in [2.24, 2.45) is 7.05 Å². The summed E-state index contributed by atoms with van der Waals surface area (Å²) >= 11 is 0. The van der Waals surface area contributed by atoms with Crippen molar-refractivity contribution in [3.8, 4) is 11.1 Å². The van der Waals surface area contributed by atoms with Crippen molar-refractivity contribution in [2.75, 3.05) is 39.3 Å². The molecule has 0 atom stereocenters. The molecule has 1 aliphatic heterocycles. The lowest BCUT2D eigenvalue weighted by Gasteiger charge is -2.33. The number of aryl methyl sites for hydroxylation is 1. The second kappa shape index (κ2) is 8.20. The number of rotatable bonds is 6. The van der Waals surface area contributed by atoms with E-state index in [4.69, 9.17) is 0 Å². The summed E-state index contributed by atoms with van der Waals surface area (Å²) in [6.07, 6.45) is 6.13. The molecule has 0 N–H and O–H groups in total. The summed E-state index contributed by atoms with van der Waals surface area (Å²) in [5.41, 5.74) is 3.05. The van der Waals surface area contributed by atoms with E-state index in [9.17, 15) is 4.79 Å². The lowest BCUT2D eigenvalue weighted by atomic mass is 10.0. The number of benzene rings is 1. The third kappa shape index (κ3) is 4.29. The van der Waals surface area contributed by atoms with Crippen LogP contribution in [0.15, 0.2) is 42.9 Å². The van der Waals surface area contributed by atoms with Gasteiger partial charge in [0.05, 0.1) is 19.2 Å². The van der Waals surface area contributed by atoms with Crippen molar-refractivity contribution >= 4 is 16.6 Å². The average Bonchev–Trinajstić information content (AvgIpc) is 3.14. The number of Topliss-reactive ketones (excluding diaryl/α,β-unsaturated/α-hetero) is 1. The van der Waals surface area contributed by atoms with Crippen LogP contribution in [-0.2, 0) is 18.3 Å². The Morgan fingerprint density at radius 3 is 2.50 bits per heavy atom. The standard InChI is InChI=1S/C22H27N5O/c1-3-26-6-8-27(9-7-26)16-22(28)12-21-11-19-10-17(4-5-18(19)13-23-21)20-14-24-25(2)15-20/h4-5,10-11,13-15H,3,6-9,12,16H2,1-2H3. The number of piperazine rings is 1. The van der Waals surface area contributed by atoms with Crippen LogP contribution in [0.5, 0.6) is 0 Å². The maximum absolute atomic E-state index is 12.6. The van der Waals surface area contributed by atoms with E-state index in [2.05, 4.69) is 45.0 Å². The number of hydrogen-bond acceptors (Lipinski definition) is 5. The van der Waals surface area contributed by atoms with Gasteiger partial charge in [0.2, 0.25) is 0 Å². The van der Waals surface area contributed by atoms with Gasteiger partial charge in [0.15, 0.2) is 5.78 Å². The Balaban J connectivity index is 1.44. The van der Waals surface area contributed by atoms with Crippen molar-refractivity contribution in [1.29, 1.82) is 0 Å². The molecule has 3 aromatic rings. The first-order valence-electron chi connectivity index (χ1n) is 9.95. The number of likely N-dealkylation sites (N-methyl/N-ethyl adjacent to an activating group) is 1. The van der Waals surface area contributed by atoms with Gasteiger partial charge in [0, 0.05) is 62.3 Å². The Bertz CT molecular complexity index is 972. The van der Waals surface area contributed by atoms with Gasteiger partial charge in [-0.3, -0.25) is 19.4 Å². The summed E-state index contributed by atoms with van der Waals surface area (Å²) in [4.78, 5) is 21.7. The molecule has 0 saturated carbocycles. The third-order valence-corrected chi connectivity index (χ3v) is 5.51. The van der Waals surface area contributed by atoms with Crippen molar-refractivity contribution in [2.45, 2.75) is 13.3 Å². The first kappa shape index (κ1) is 18.8. The molecule has 3 heterocycles. The highest BCUT2D eigenvalue weighted by molar-refractivity contribution is 5.88. The van der Waals surface area contributed by atoms with Crippen LogP contribution in [0.2, 0.25) is 0 Å². The zero-order valence-electron chi connectivity index (χ0n) is 16.6. The van der Waals surface area contributed by atoms with Gasteiger partial charge in [-0.25, -0.2) is 0 Å². The van der Waals surface area contributed by atoms with E-state index in [0.29, 0.717) is 13.0 Å². The zero-order valence-corrected chi connectivity index (χ0v) is 16.6. The zero-order chi connectivity index (χ0) is 19.5. The summed E-state index contributed by atoms with van der Waals surface area (Å²) < 4.78 is 1.80. The number of aromatic nitrogens is 3. The van der Waals surface area contributed by atoms with Gasteiger partial charge >= 0.3 is 0 Å². The van der Waals surface area contributed by atoms with E-state index in [0.717, 1.165) is 60.3 Å². The van der Waals surface area contributed by atoms with E-state index >= 15 is 0 Å². The van der Waals surface area contributed by atoms with Crippen LogP contribution < -0.4 is 0 Å². The Hall–Kier alpha value is -2.57. The highest BCUT2D eigenvalue weighted by Crippen LogP contribution is 2.24. The Labute approximate surface area is 165 Å². The van der Waals surface area contributed by atoms with Gasteiger partial charge in [0.1, 0.15) is 0 Å². The van der Waals surface area contributed by atoms with Crippen LogP contribution in [0.3, 0.4) is 0 Å². The number of nitrogens with zero attached hydrogens (tertiary/aromatic N) is 5. The van der Waals surface area contributed by atoms with Crippen LogP contribution in [0.25, 0.3) is 21.9 Å². The second-order valence-electron chi connectivity index (χ2n) is 7.57. The molecular weight excluding hydrogens is 350 g/mol. The minimum Gasteiger partial charge on any atom is -0.301 e. The topological polar surface area (TPSA) is 54.3 Å². The number of ketones is 1. The minimum atomic E-state index is 0.236. The summed E-state index contributed by atoms with van der Waals surface area (Å²) in [6, 6.07) is 8.35. The monoisotopic (exact) mass is 377 g/mol. The fraction of sp³-hybridized carbons (Fsp3) is 0.409. The largest absolute Gasteiger partial charge is 0.301 e. The first-order chi connectivity index (χ1) is 13.6. The molecule has 1 fully saturated rings. The molecule has 146 valence electrons. The number of carbonyl (C=O) groups is 1. The van der Waals surface area contributed by atoms with E-state index in [-0.39, 0.29) is 5.78 Å². The smallest absolute Gasteiger partial charge is 0.152 e. The number of carbonyl (C=O) groups excluding carboxylic acids is 1. The molecule has 0 unspecified atom stereocenters. The van der Waals surface area contributed by atoms with Crippen LogP contribution in [0.4, 0.5) is 0 Å². The van der Waals surface area contributed by atoms with Gasteiger partial charge in [-0.05, 0) is 29.6 Å². The quantitative estimate of drug-likeness (QED) is 0.660. The number of pyridine rings is 1. The average molecular weight is 377 g/mol. The van der Waals surface area contributed by atoms with Gasteiger partial charge in [-0.1, -0.05) is 19.1 Å². The molecular formula is C22H27N5O. The van der Waals surface area contributed by atoms with Crippen molar-refractivity contribution in [1.82, 2.24) is 24.6 Å². The predicted octanol–water partition coefficient (Wildman–Crippen LogP) is 2.38. The van der Waals surface area contributed by atoms with Crippen molar-refractivity contribution in [3.63, 3.8) is 0 Å². The van der Waals surface area contributed by atoms with Crippen molar-refractivity contribution < 1.29 is 4.79 Å². The molecule has 6 heteroatoms. The molecule has 6 nitrogen and oxygen atoms in total. The molecule has 0 spiro atoms. The summed E-state index contributed by atoms with van der Waals surface area (Å²) in [6.45, 7) is 7.84. The van der Waals surface area contributed by atoms with Gasteiger partial charge in [-0.2, -0.15) is 5.10 Å². The maximum Gasteiger partial charge on any atom is 0.152 e. The molecule has 0 amide bonds. The van der Waals surface area contributed by atoms with E-state index < -0.39 is 0 Å². The summed E-state index contributed by atoms with van der Waals surface area (Å²) in [5.74, 6) is 0.236. The molecule has 28 heavy (non-hydrogen) atoms. The number of fused-ring (bicyclic) bond motifs is 1. The summed E-state index contributed by atoms with van der Waals surface area (Å²) in [7, 11) is 1.92. The third-order valence-electron chi connectivity index (χ3n) is 5.51. The molecule has 1 saturated heterocycles. The highest BCUT2D eigenvalue weighted by atomic mass is 16.1. The lowest BCUT2D eigenvalue weighted by Crippen LogP contribution is -2.47. The summed E-state index contributed by atoms with van der Waals surface area (Å²) in [5, 5.41) is 6.44. The first-order valence-corrected chi connectivity index (χ1v) is 9.95. The van der Waals surface area contributed by atoms with Gasteiger partial charge in [0.25, 0.3) is 0 Å². The fourth-order valence-corrected chi connectivity index (χ4v) is 3.80. The highest BCUT2D eigenvalue weighted by Gasteiger charge is 2.18. The molecule has 0 radical (unpaired) electrons. The van der Waals surface area contributed by atoms with Gasteiger partial charge in [-0.15, -0.1) is 0 Å². The molecule has 0 bridgehead atoms. The Kier molecular flexibility index (Phi) is 5.50. The predicted molar refractivity (Wildman–Crippen MR) is 111 cm³/mol. The Morgan fingerprint density at radius 1 is 1.00 bits per heavy atom. The van der Waals surface area contributed by atoms with E-state index in [1.54, 1.807) is 4.68 Å². The molecule has 4 rings (SSSR count). The minimum absolute atomic E-state index is 0.236. The number of hydrogen-bond donors (Lipinski definition) is 0. The molecule has 2 aromatic heterocycles. The molecule has 1 aliphatic rings. The normalized spacial score (nSPS) is 15.9.